The highest BCUT2D eigenvalue weighted by Gasteiger charge is 2.31. The number of nitro groups is 1. The van der Waals surface area contributed by atoms with Gasteiger partial charge in [0.15, 0.2) is 0 Å². The quantitative estimate of drug-likeness (QED) is 0.470. The fourth-order valence-electron chi connectivity index (χ4n) is 2.21. The minimum atomic E-state index is -0.434. The van der Waals surface area contributed by atoms with E-state index in [2.05, 4.69) is 0 Å². The van der Waals surface area contributed by atoms with Gasteiger partial charge in [-0.25, -0.2) is 0 Å². The molecule has 0 N–H and O–H groups in total. The second-order valence-electron chi connectivity index (χ2n) is 4.49. The summed E-state index contributed by atoms with van der Waals surface area (Å²) in [7, 11) is 0. The Balaban J connectivity index is 2.48. The molecule has 0 aliphatic carbocycles. The maximum atomic E-state index is 11.8. The Morgan fingerprint density at radius 3 is 2.56 bits per heavy atom. The third-order valence-corrected chi connectivity index (χ3v) is 3.37. The molecule has 1 aromatic rings. The minimum absolute atomic E-state index is 0.0291. The predicted molar refractivity (Wildman–Crippen MR) is 69.2 cm³/mol. The molecule has 0 spiro atoms. The number of rotatable bonds is 2. The van der Waals surface area contributed by atoms with E-state index in [1.165, 1.54) is 11.0 Å². The van der Waals surface area contributed by atoms with Crippen LogP contribution >= 0.6 is 11.6 Å². The number of halogens is 1. The highest BCUT2D eigenvalue weighted by molar-refractivity contribution is 6.24. The van der Waals surface area contributed by atoms with Crippen LogP contribution in [-0.2, 0) is 4.79 Å². The van der Waals surface area contributed by atoms with Crippen LogP contribution in [0.2, 0.25) is 0 Å². The van der Waals surface area contributed by atoms with E-state index in [9.17, 15) is 14.9 Å². The number of hydrogen-bond donors (Lipinski definition) is 0. The lowest BCUT2D eigenvalue weighted by molar-refractivity contribution is -0.385. The number of carbonyl (C=O) groups excluding carboxylic acids is 1. The molecule has 0 saturated carbocycles. The summed E-state index contributed by atoms with van der Waals surface area (Å²) in [6.07, 6.45) is 0.280. The topological polar surface area (TPSA) is 63.5 Å². The Morgan fingerprint density at radius 1 is 1.39 bits per heavy atom. The molecule has 18 heavy (non-hydrogen) atoms. The zero-order valence-corrected chi connectivity index (χ0v) is 10.9. The molecule has 1 atom stereocenters. The molecule has 0 aromatic heterocycles. The summed E-state index contributed by atoms with van der Waals surface area (Å²) < 4.78 is 0. The van der Waals surface area contributed by atoms with Crippen LogP contribution in [0.3, 0.4) is 0 Å². The number of benzene rings is 1. The molecule has 6 heteroatoms. The monoisotopic (exact) mass is 268 g/mol. The SMILES string of the molecule is Cc1cc(C)c([N+](=O)[O-])cc1N1CC(Cl)CC1=O. The third kappa shape index (κ3) is 2.18. The highest BCUT2D eigenvalue weighted by Crippen LogP contribution is 2.32. The molecule has 96 valence electrons. The van der Waals surface area contributed by atoms with E-state index in [1.807, 2.05) is 6.92 Å². The lowest BCUT2D eigenvalue weighted by Gasteiger charge is -2.18. The maximum Gasteiger partial charge on any atom is 0.274 e. The summed E-state index contributed by atoms with van der Waals surface area (Å²) in [5.41, 5.74) is 2.05. The number of amides is 1. The van der Waals surface area contributed by atoms with Crippen molar-refractivity contribution < 1.29 is 9.72 Å². The standard InChI is InChI=1S/C12H13ClN2O3/c1-7-3-8(2)11(15(17)18)5-10(7)14-6-9(13)4-12(14)16/h3,5,9H,4,6H2,1-2H3. The smallest absolute Gasteiger partial charge is 0.274 e. The van der Waals surface area contributed by atoms with Crippen molar-refractivity contribution in [2.45, 2.75) is 25.6 Å². The zero-order chi connectivity index (χ0) is 13.4. The van der Waals surface area contributed by atoms with Gasteiger partial charge in [0.05, 0.1) is 16.0 Å². The second kappa shape index (κ2) is 4.57. The molecule has 1 aliphatic rings. The fraction of sp³-hybridized carbons (Fsp3) is 0.417. The molecular formula is C12H13ClN2O3. The first-order chi connectivity index (χ1) is 8.40. The van der Waals surface area contributed by atoms with Gasteiger partial charge in [0.2, 0.25) is 5.91 Å². The first-order valence-electron chi connectivity index (χ1n) is 5.60. The van der Waals surface area contributed by atoms with Crippen molar-refractivity contribution in [3.05, 3.63) is 33.4 Å². The van der Waals surface area contributed by atoms with Crippen molar-refractivity contribution in [3.63, 3.8) is 0 Å². The number of carbonyl (C=O) groups is 1. The van der Waals surface area contributed by atoms with Crippen molar-refractivity contribution in [2.24, 2.45) is 0 Å². The number of alkyl halides is 1. The van der Waals surface area contributed by atoms with E-state index in [0.717, 1.165) is 5.56 Å². The van der Waals surface area contributed by atoms with Gasteiger partial charge in [-0.2, -0.15) is 0 Å². The van der Waals surface area contributed by atoms with Gasteiger partial charge in [0, 0.05) is 24.6 Å². The average molecular weight is 269 g/mol. The number of aryl methyl sites for hydroxylation is 2. The van der Waals surface area contributed by atoms with Gasteiger partial charge >= 0.3 is 0 Å². The molecule has 1 heterocycles. The molecule has 2 rings (SSSR count). The Bertz CT molecular complexity index is 530. The van der Waals surface area contributed by atoms with Gasteiger partial charge in [-0.1, -0.05) is 0 Å². The summed E-state index contributed by atoms with van der Waals surface area (Å²) in [5.74, 6) is -0.0868. The van der Waals surface area contributed by atoms with Crippen molar-refractivity contribution in [2.75, 3.05) is 11.4 Å². The minimum Gasteiger partial charge on any atom is -0.310 e. The Kier molecular flexibility index (Phi) is 3.26. The van der Waals surface area contributed by atoms with E-state index >= 15 is 0 Å². The maximum absolute atomic E-state index is 11.8. The van der Waals surface area contributed by atoms with Crippen molar-refractivity contribution >= 4 is 28.9 Å². The Hall–Kier alpha value is -1.62. The molecule has 1 unspecified atom stereocenters. The summed E-state index contributed by atoms with van der Waals surface area (Å²) in [6, 6.07) is 3.18. The average Bonchev–Trinajstić information content (AvgIpc) is 2.57. The largest absolute Gasteiger partial charge is 0.310 e. The number of anilines is 1. The number of hydrogen-bond acceptors (Lipinski definition) is 3. The van der Waals surface area contributed by atoms with Crippen LogP contribution in [0.4, 0.5) is 11.4 Å². The Labute approximate surface area is 109 Å². The van der Waals surface area contributed by atoms with E-state index in [-0.39, 0.29) is 23.4 Å². The van der Waals surface area contributed by atoms with E-state index in [1.54, 1.807) is 13.0 Å². The number of nitrogens with zero attached hydrogens (tertiary/aromatic N) is 2. The second-order valence-corrected chi connectivity index (χ2v) is 5.11. The molecular weight excluding hydrogens is 256 g/mol. The van der Waals surface area contributed by atoms with E-state index in [4.69, 9.17) is 11.6 Å². The molecule has 1 saturated heterocycles. The summed E-state index contributed by atoms with van der Waals surface area (Å²) >= 11 is 5.94. The lowest BCUT2D eigenvalue weighted by Crippen LogP contribution is -2.25. The van der Waals surface area contributed by atoms with Gasteiger partial charge in [-0.05, 0) is 25.5 Å². The van der Waals surface area contributed by atoms with Crippen LogP contribution in [0.25, 0.3) is 0 Å². The van der Waals surface area contributed by atoms with Crippen LogP contribution < -0.4 is 4.90 Å². The Morgan fingerprint density at radius 2 is 2.06 bits per heavy atom. The van der Waals surface area contributed by atoms with Crippen LogP contribution in [0, 0.1) is 24.0 Å². The predicted octanol–water partition coefficient (Wildman–Crippen LogP) is 2.56. The number of nitro benzene ring substituents is 1. The van der Waals surface area contributed by atoms with Crippen LogP contribution in [-0.4, -0.2) is 22.8 Å². The van der Waals surface area contributed by atoms with Crippen molar-refractivity contribution in [3.8, 4) is 0 Å². The van der Waals surface area contributed by atoms with Crippen LogP contribution in [0.1, 0.15) is 17.5 Å². The van der Waals surface area contributed by atoms with Crippen LogP contribution in [0.5, 0.6) is 0 Å². The molecule has 0 radical (unpaired) electrons. The molecule has 1 aliphatic heterocycles. The first kappa shape index (κ1) is 12.8. The fourth-order valence-corrected chi connectivity index (χ4v) is 2.48. The normalized spacial score (nSPS) is 19.4. The molecule has 1 aromatic carbocycles. The summed E-state index contributed by atoms with van der Waals surface area (Å²) in [4.78, 5) is 23.8. The van der Waals surface area contributed by atoms with Crippen molar-refractivity contribution in [1.82, 2.24) is 0 Å². The van der Waals surface area contributed by atoms with Crippen LogP contribution in [0.15, 0.2) is 12.1 Å². The van der Waals surface area contributed by atoms with Crippen molar-refractivity contribution in [1.29, 1.82) is 0 Å². The van der Waals surface area contributed by atoms with Gasteiger partial charge in [0.25, 0.3) is 5.69 Å². The lowest BCUT2D eigenvalue weighted by atomic mass is 10.1. The first-order valence-corrected chi connectivity index (χ1v) is 6.04. The molecule has 0 bridgehead atoms. The van der Waals surface area contributed by atoms with E-state index in [0.29, 0.717) is 17.8 Å². The van der Waals surface area contributed by atoms with E-state index < -0.39 is 4.92 Å². The molecule has 5 nitrogen and oxygen atoms in total. The third-order valence-electron chi connectivity index (χ3n) is 3.08. The van der Waals surface area contributed by atoms with Gasteiger partial charge < -0.3 is 4.90 Å². The molecule has 1 fully saturated rings. The van der Waals surface area contributed by atoms with Gasteiger partial charge in [-0.15, -0.1) is 11.6 Å². The zero-order valence-electron chi connectivity index (χ0n) is 10.1. The summed E-state index contributed by atoms with van der Waals surface area (Å²) in [5, 5.41) is 10.7. The van der Waals surface area contributed by atoms with Gasteiger partial charge in [-0.3, -0.25) is 14.9 Å². The summed E-state index contributed by atoms with van der Waals surface area (Å²) in [6.45, 7) is 3.92. The van der Waals surface area contributed by atoms with Gasteiger partial charge in [0.1, 0.15) is 0 Å². The highest BCUT2D eigenvalue weighted by atomic mass is 35.5. The molecule has 1 amide bonds.